The number of nitrogens with zero attached hydrogens (tertiary/aromatic N) is 3. The molecule has 3 rings (SSSR count). The molecule has 8 heteroatoms. The average molecular weight is 534 g/mol. The van der Waals surface area contributed by atoms with Crippen LogP contribution in [0.1, 0.15) is 72.3 Å². The molecule has 1 heterocycles. The molecule has 1 aliphatic rings. The minimum Gasteiger partial charge on any atom is -0.492 e. The maximum absolute atomic E-state index is 12.9. The molecule has 0 bridgehead atoms. The fourth-order valence-electron chi connectivity index (χ4n) is 5.17. The molecule has 1 fully saturated rings. The first kappa shape index (κ1) is 30.0. The predicted molar refractivity (Wildman–Crippen MR) is 146 cm³/mol. The van der Waals surface area contributed by atoms with Gasteiger partial charge in [-0.15, -0.1) is 0 Å². The van der Waals surface area contributed by atoms with E-state index in [1.165, 1.54) is 23.3 Å². The molecule has 0 spiro atoms. The number of amides is 1. The van der Waals surface area contributed by atoms with Gasteiger partial charge in [-0.1, -0.05) is 19.9 Å². The lowest BCUT2D eigenvalue weighted by atomic mass is 9.96. The summed E-state index contributed by atoms with van der Waals surface area (Å²) < 4.78 is 44.7. The highest BCUT2D eigenvalue weighted by atomic mass is 19.4. The first-order valence-electron chi connectivity index (χ1n) is 13.7. The Balaban J connectivity index is 1.56. The number of alkyl halides is 3. The summed E-state index contributed by atoms with van der Waals surface area (Å²) in [6, 6.07) is 8.87. The normalized spacial score (nSPS) is 15.7. The third-order valence-electron chi connectivity index (χ3n) is 7.58. The van der Waals surface area contributed by atoms with Crippen LogP contribution in [-0.4, -0.2) is 73.0 Å². The molecule has 2 aromatic rings. The van der Waals surface area contributed by atoms with Gasteiger partial charge in [0, 0.05) is 44.3 Å². The van der Waals surface area contributed by atoms with Gasteiger partial charge in [-0.05, 0) is 93.7 Å². The molecule has 0 radical (unpaired) electrons. The van der Waals surface area contributed by atoms with Gasteiger partial charge in [-0.3, -0.25) is 14.6 Å². The fraction of sp³-hybridized carbons (Fsp3) is 0.567. The molecule has 0 N–H and O–H groups in total. The van der Waals surface area contributed by atoms with E-state index < -0.39 is 11.7 Å². The van der Waals surface area contributed by atoms with E-state index in [1.54, 1.807) is 4.90 Å². The molecule has 0 aliphatic carbocycles. The van der Waals surface area contributed by atoms with Crippen LogP contribution in [0.4, 0.5) is 13.2 Å². The molecular formula is C30H42F3N3O2. The van der Waals surface area contributed by atoms with Crippen LogP contribution in [0.3, 0.4) is 0 Å². The van der Waals surface area contributed by atoms with Crippen molar-refractivity contribution in [1.82, 2.24) is 14.7 Å². The zero-order valence-corrected chi connectivity index (χ0v) is 23.4. The molecule has 5 nitrogen and oxygen atoms in total. The Morgan fingerprint density at radius 1 is 0.921 bits per heavy atom. The first-order chi connectivity index (χ1) is 18.1. The van der Waals surface area contributed by atoms with Gasteiger partial charge in [0.05, 0.1) is 5.56 Å². The Kier molecular flexibility index (Phi) is 10.6. The number of rotatable bonds is 11. The number of ether oxygens (including phenoxy) is 1. The molecule has 38 heavy (non-hydrogen) atoms. The van der Waals surface area contributed by atoms with Crippen LogP contribution in [0.15, 0.2) is 36.4 Å². The summed E-state index contributed by atoms with van der Waals surface area (Å²) in [5.74, 6) is 0.703. The number of carbonyl (C=O) groups is 1. The highest BCUT2D eigenvalue weighted by Crippen LogP contribution is 2.32. The van der Waals surface area contributed by atoms with Crippen LogP contribution in [0, 0.1) is 13.8 Å². The number of halogens is 3. The average Bonchev–Trinajstić information content (AvgIpc) is 2.90. The maximum Gasteiger partial charge on any atom is 0.416 e. The second-order valence-corrected chi connectivity index (χ2v) is 10.2. The molecule has 1 saturated heterocycles. The lowest BCUT2D eigenvalue weighted by Crippen LogP contribution is -2.49. The number of hydrogen-bond acceptors (Lipinski definition) is 4. The van der Waals surface area contributed by atoms with Gasteiger partial charge >= 0.3 is 6.18 Å². The second-order valence-electron chi connectivity index (χ2n) is 10.2. The number of piperazine rings is 1. The molecule has 1 atom stereocenters. The summed E-state index contributed by atoms with van der Waals surface area (Å²) in [5, 5.41) is 0. The second kappa shape index (κ2) is 13.5. The Morgan fingerprint density at radius 2 is 1.53 bits per heavy atom. The zero-order valence-electron chi connectivity index (χ0n) is 23.4. The van der Waals surface area contributed by atoms with E-state index in [-0.39, 0.29) is 17.5 Å². The van der Waals surface area contributed by atoms with Gasteiger partial charge < -0.3 is 9.64 Å². The van der Waals surface area contributed by atoms with Crippen molar-refractivity contribution in [3.63, 3.8) is 0 Å². The van der Waals surface area contributed by atoms with Crippen molar-refractivity contribution in [2.24, 2.45) is 0 Å². The summed E-state index contributed by atoms with van der Waals surface area (Å²) in [6.07, 6.45) is -2.13. The minimum atomic E-state index is -4.41. The van der Waals surface area contributed by atoms with Gasteiger partial charge in [0.1, 0.15) is 12.4 Å². The van der Waals surface area contributed by atoms with Gasteiger partial charge in [-0.2, -0.15) is 13.2 Å². The lowest BCUT2D eigenvalue weighted by molar-refractivity contribution is -0.137. The smallest absolute Gasteiger partial charge is 0.416 e. The van der Waals surface area contributed by atoms with Crippen LogP contribution in [0.25, 0.3) is 0 Å². The monoisotopic (exact) mass is 533 g/mol. The van der Waals surface area contributed by atoms with Crippen molar-refractivity contribution in [3.05, 3.63) is 64.2 Å². The SMILES string of the molecule is CCCN(CCC)CCOc1ccc(C(C)N2CCN(C(=O)c3ccc(C(F)(F)F)cc3)CC2)c(C)c1C. The summed E-state index contributed by atoms with van der Waals surface area (Å²) in [5.41, 5.74) is 3.16. The van der Waals surface area contributed by atoms with Crippen LogP contribution >= 0.6 is 0 Å². The number of hydrogen-bond donors (Lipinski definition) is 0. The molecular weight excluding hydrogens is 491 g/mol. The number of carbonyl (C=O) groups excluding carboxylic acids is 1. The minimum absolute atomic E-state index is 0.177. The Morgan fingerprint density at radius 3 is 2.08 bits per heavy atom. The fourth-order valence-corrected chi connectivity index (χ4v) is 5.17. The van der Waals surface area contributed by atoms with Crippen LogP contribution in [-0.2, 0) is 6.18 Å². The Hall–Kier alpha value is -2.58. The highest BCUT2D eigenvalue weighted by Gasteiger charge is 2.31. The van der Waals surface area contributed by atoms with Gasteiger partial charge in [0.25, 0.3) is 5.91 Å². The maximum atomic E-state index is 12.9. The molecule has 1 unspecified atom stereocenters. The summed E-state index contributed by atoms with van der Waals surface area (Å²) >= 11 is 0. The van der Waals surface area contributed by atoms with Crippen molar-refractivity contribution in [2.75, 3.05) is 52.4 Å². The van der Waals surface area contributed by atoms with Gasteiger partial charge in [-0.25, -0.2) is 0 Å². The molecule has 2 aromatic carbocycles. The quantitative estimate of drug-likeness (QED) is 0.338. The Bertz CT molecular complexity index is 1040. The molecule has 1 aliphatic heterocycles. The largest absolute Gasteiger partial charge is 0.492 e. The summed E-state index contributed by atoms with van der Waals surface area (Å²) in [4.78, 5) is 19.4. The van der Waals surface area contributed by atoms with E-state index in [1.807, 2.05) is 0 Å². The van der Waals surface area contributed by atoms with Crippen LogP contribution in [0.5, 0.6) is 5.75 Å². The van der Waals surface area contributed by atoms with E-state index in [9.17, 15) is 18.0 Å². The topological polar surface area (TPSA) is 36.0 Å². The third-order valence-corrected chi connectivity index (χ3v) is 7.58. The molecule has 0 aromatic heterocycles. The van der Waals surface area contributed by atoms with Crippen molar-refractivity contribution in [3.8, 4) is 5.75 Å². The first-order valence-corrected chi connectivity index (χ1v) is 13.7. The van der Waals surface area contributed by atoms with E-state index in [0.29, 0.717) is 32.8 Å². The van der Waals surface area contributed by atoms with Crippen molar-refractivity contribution >= 4 is 5.91 Å². The number of benzene rings is 2. The highest BCUT2D eigenvalue weighted by molar-refractivity contribution is 5.94. The standard InChI is InChI=1S/C30H42F3N3O2/c1-6-14-34(15-7-2)20-21-38-28-13-12-27(22(3)23(28)4)24(5)35-16-18-36(19-17-35)29(37)25-8-10-26(11-9-25)30(31,32)33/h8-13,24H,6-7,14-21H2,1-5H3. The van der Waals surface area contributed by atoms with Gasteiger partial charge in [0.2, 0.25) is 0 Å². The van der Waals surface area contributed by atoms with Crippen LogP contribution < -0.4 is 4.74 Å². The van der Waals surface area contributed by atoms with E-state index >= 15 is 0 Å². The Labute approximate surface area is 225 Å². The molecule has 210 valence electrons. The molecule has 0 saturated carbocycles. The predicted octanol–water partition coefficient (Wildman–Crippen LogP) is 6.34. The lowest BCUT2D eigenvalue weighted by Gasteiger charge is -2.39. The third kappa shape index (κ3) is 7.50. The van der Waals surface area contributed by atoms with E-state index in [0.717, 1.165) is 55.9 Å². The molecule has 1 amide bonds. The summed E-state index contributed by atoms with van der Waals surface area (Å²) in [6.45, 7) is 17.1. The van der Waals surface area contributed by atoms with Crippen molar-refractivity contribution in [1.29, 1.82) is 0 Å². The van der Waals surface area contributed by atoms with E-state index in [4.69, 9.17) is 4.74 Å². The van der Waals surface area contributed by atoms with Crippen molar-refractivity contribution in [2.45, 2.75) is 59.7 Å². The van der Waals surface area contributed by atoms with Crippen LogP contribution in [0.2, 0.25) is 0 Å². The van der Waals surface area contributed by atoms with E-state index in [2.05, 4.69) is 56.6 Å². The summed E-state index contributed by atoms with van der Waals surface area (Å²) in [7, 11) is 0. The zero-order chi connectivity index (χ0) is 27.9. The van der Waals surface area contributed by atoms with Gasteiger partial charge in [0.15, 0.2) is 0 Å². The van der Waals surface area contributed by atoms with Crippen molar-refractivity contribution < 1.29 is 22.7 Å².